The molecule has 3 heteroatoms. The molecule has 0 aliphatic carbocycles. The van der Waals surface area contributed by atoms with Crippen molar-refractivity contribution < 1.29 is 4.42 Å². The first-order valence-electron chi connectivity index (χ1n) is 6.38. The van der Waals surface area contributed by atoms with Gasteiger partial charge in [-0.25, -0.2) is 0 Å². The summed E-state index contributed by atoms with van der Waals surface area (Å²) in [5.41, 5.74) is 3.10. The molecule has 1 aromatic carbocycles. The largest absolute Gasteiger partial charge is 0.460 e. The molecular weight excluding hydrogens is 246 g/mol. The summed E-state index contributed by atoms with van der Waals surface area (Å²) >= 11 is 6.25. The molecule has 0 aliphatic heterocycles. The van der Waals surface area contributed by atoms with Crippen LogP contribution >= 0.6 is 11.6 Å². The lowest BCUT2D eigenvalue weighted by Crippen LogP contribution is -2.18. The minimum atomic E-state index is 0.646. The summed E-state index contributed by atoms with van der Waals surface area (Å²) in [6, 6.07) is 4.10. The van der Waals surface area contributed by atoms with Gasteiger partial charge in [-0.05, 0) is 49.6 Å². The van der Waals surface area contributed by atoms with E-state index in [2.05, 4.69) is 25.2 Å². The summed E-state index contributed by atoms with van der Waals surface area (Å²) in [4.78, 5) is 0. The third-order valence-corrected chi connectivity index (χ3v) is 3.67. The first-order chi connectivity index (χ1) is 8.49. The Morgan fingerprint density at radius 3 is 2.67 bits per heavy atom. The molecule has 0 fully saturated rings. The zero-order valence-corrected chi connectivity index (χ0v) is 12.2. The molecule has 2 nitrogen and oxygen atoms in total. The molecule has 0 saturated heterocycles. The predicted octanol–water partition coefficient (Wildman–Crippen LogP) is 4.45. The molecule has 0 spiro atoms. The van der Waals surface area contributed by atoms with Gasteiger partial charge in [0.2, 0.25) is 0 Å². The highest BCUT2D eigenvalue weighted by Gasteiger charge is 2.10. The van der Waals surface area contributed by atoms with Crippen molar-refractivity contribution in [3.63, 3.8) is 0 Å². The molecule has 1 N–H and O–H groups in total. The Kier molecular flexibility index (Phi) is 3.98. The molecule has 0 aliphatic rings. The Balaban J connectivity index is 2.25. The van der Waals surface area contributed by atoms with Crippen molar-refractivity contribution in [3.05, 3.63) is 34.0 Å². The summed E-state index contributed by atoms with van der Waals surface area (Å²) in [7, 11) is 0. The Morgan fingerprint density at radius 1 is 1.28 bits per heavy atom. The normalized spacial score (nSPS) is 11.7. The number of furan rings is 1. The van der Waals surface area contributed by atoms with E-state index in [-0.39, 0.29) is 0 Å². The number of rotatable bonds is 4. The summed E-state index contributed by atoms with van der Waals surface area (Å²) in [5.74, 6) is 1.61. The highest BCUT2D eigenvalue weighted by atomic mass is 35.5. The molecule has 0 amide bonds. The lowest BCUT2D eigenvalue weighted by molar-refractivity contribution is 0.485. The molecular formula is C15H20ClNO. The Bertz CT molecular complexity index is 557. The van der Waals surface area contributed by atoms with E-state index < -0.39 is 0 Å². The average Bonchev–Trinajstić information content (AvgIpc) is 2.69. The minimum Gasteiger partial charge on any atom is -0.460 e. The number of hydrogen-bond donors (Lipinski definition) is 1. The first kappa shape index (κ1) is 13.4. The second-order valence-corrected chi connectivity index (χ2v) is 5.66. The van der Waals surface area contributed by atoms with Crippen molar-refractivity contribution in [2.75, 3.05) is 6.54 Å². The lowest BCUT2D eigenvalue weighted by Gasteiger charge is -2.04. The van der Waals surface area contributed by atoms with E-state index in [0.29, 0.717) is 5.92 Å². The fourth-order valence-corrected chi connectivity index (χ4v) is 2.26. The number of hydrogen-bond acceptors (Lipinski definition) is 2. The number of nitrogens with one attached hydrogen (secondary N) is 1. The van der Waals surface area contributed by atoms with Crippen molar-refractivity contribution in [1.82, 2.24) is 5.32 Å². The van der Waals surface area contributed by atoms with Crippen LogP contribution in [0.15, 0.2) is 16.5 Å². The molecule has 18 heavy (non-hydrogen) atoms. The molecule has 2 rings (SSSR count). The van der Waals surface area contributed by atoms with Crippen LogP contribution in [0.2, 0.25) is 5.02 Å². The zero-order chi connectivity index (χ0) is 13.3. The van der Waals surface area contributed by atoms with Gasteiger partial charge in [-0.15, -0.1) is 0 Å². The zero-order valence-electron chi connectivity index (χ0n) is 11.4. The van der Waals surface area contributed by atoms with Gasteiger partial charge in [-0.2, -0.15) is 0 Å². The van der Waals surface area contributed by atoms with Crippen LogP contribution in [-0.2, 0) is 6.54 Å². The monoisotopic (exact) mass is 265 g/mol. The third-order valence-electron chi connectivity index (χ3n) is 3.09. The fraction of sp³-hybridized carbons (Fsp3) is 0.467. The van der Waals surface area contributed by atoms with Gasteiger partial charge in [0.15, 0.2) is 0 Å². The van der Waals surface area contributed by atoms with Crippen molar-refractivity contribution >= 4 is 22.6 Å². The van der Waals surface area contributed by atoms with Crippen molar-refractivity contribution in [2.24, 2.45) is 5.92 Å². The second-order valence-electron chi connectivity index (χ2n) is 5.28. The van der Waals surface area contributed by atoms with Crippen molar-refractivity contribution in [3.8, 4) is 0 Å². The molecule has 1 heterocycles. The maximum atomic E-state index is 6.25. The Hall–Kier alpha value is -0.990. The molecule has 0 unspecified atom stereocenters. The molecule has 1 aromatic heterocycles. The van der Waals surface area contributed by atoms with Crippen LogP contribution in [0.4, 0.5) is 0 Å². The highest BCUT2D eigenvalue weighted by molar-refractivity contribution is 6.33. The summed E-state index contributed by atoms with van der Waals surface area (Å²) in [5, 5.41) is 5.34. The average molecular weight is 266 g/mol. The van der Waals surface area contributed by atoms with E-state index in [0.717, 1.165) is 46.0 Å². The molecule has 98 valence electrons. The topological polar surface area (TPSA) is 25.2 Å². The van der Waals surface area contributed by atoms with Crippen LogP contribution in [0.5, 0.6) is 0 Å². The van der Waals surface area contributed by atoms with Gasteiger partial charge >= 0.3 is 0 Å². The van der Waals surface area contributed by atoms with E-state index in [1.165, 1.54) is 0 Å². The summed E-state index contributed by atoms with van der Waals surface area (Å²) < 4.78 is 5.85. The SMILES string of the molecule is Cc1cc2oc(CNCC(C)C)cc2c(C)c1Cl. The van der Waals surface area contributed by atoms with Gasteiger partial charge < -0.3 is 9.73 Å². The number of halogens is 1. The third kappa shape index (κ3) is 2.70. The highest BCUT2D eigenvalue weighted by Crippen LogP contribution is 2.31. The van der Waals surface area contributed by atoms with Gasteiger partial charge in [0, 0.05) is 10.4 Å². The van der Waals surface area contributed by atoms with E-state index >= 15 is 0 Å². The standard InChI is InChI=1S/C15H20ClNO/c1-9(2)7-17-8-12-6-13-11(4)15(16)10(3)5-14(13)18-12/h5-6,9,17H,7-8H2,1-4H3. The number of fused-ring (bicyclic) bond motifs is 1. The van der Waals surface area contributed by atoms with Crippen LogP contribution in [0, 0.1) is 19.8 Å². The van der Waals surface area contributed by atoms with Crippen LogP contribution < -0.4 is 5.32 Å². The van der Waals surface area contributed by atoms with Gasteiger partial charge in [0.05, 0.1) is 6.54 Å². The maximum Gasteiger partial charge on any atom is 0.134 e. The van der Waals surface area contributed by atoms with Crippen LogP contribution in [0.1, 0.15) is 30.7 Å². The molecule has 0 bridgehead atoms. The van der Waals surface area contributed by atoms with Gasteiger partial charge in [0.1, 0.15) is 11.3 Å². The second kappa shape index (κ2) is 5.33. The van der Waals surface area contributed by atoms with E-state index in [9.17, 15) is 0 Å². The van der Waals surface area contributed by atoms with Crippen LogP contribution in [0.25, 0.3) is 11.0 Å². The van der Waals surface area contributed by atoms with Gasteiger partial charge in [0.25, 0.3) is 0 Å². The van der Waals surface area contributed by atoms with Crippen LogP contribution in [0.3, 0.4) is 0 Å². The van der Waals surface area contributed by atoms with Gasteiger partial charge in [-0.3, -0.25) is 0 Å². The van der Waals surface area contributed by atoms with Crippen molar-refractivity contribution in [1.29, 1.82) is 0 Å². The van der Waals surface area contributed by atoms with E-state index in [1.807, 2.05) is 19.9 Å². The minimum absolute atomic E-state index is 0.646. The fourth-order valence-electron chi connectivity index (χ4n) is 2.10. The first-order valence-corrected chi connectivity index (χ1v) is 6.75. The smallest absolute Gasteiger partial charge is 0.134 e. The Labute approximate surface area is 113 Å². The van der Waals surface area contributed by atoms with Crippen molar-refractivity contribution in [2.45, 2.75) is 34.2 Å². The van der Waals surface area contributed by atoms with E-state index in [1.54, 1.807) is 0 Å². The number of benzene rings is 1. The van der Waals surface area contributed by atoms with E-state index in [4.69, 9.17) is 16.0 Å². The quantitative estimate of drug-likeness (QED) is 0.884. The predicted molar refractivity (Wildman–Crippen MR) is 77.2 cm³/mol. The summed E-state index contributed by atoms with van der Waals surface area (Å²) in [6.07, 6.45) is 0. The molecule has 0 atom stereocenters. The maximum absolute atomic E-state index is 6.25. The molecule has 2 aromatic rings. The van der Waals surface area contributed by atoms with Crippen LogP contribution in [-0.4, -0.2) is 6.54 Å². The summed E-state index contributed by atoms with van der Waals surface area (Å²) in [6.45, 7) is 10.2. The molecule has 0 radical (unpaired) electrons. The molecule has 0 saturated carbocycles. The lowest BCUT2D eigenvalue weighted by atomic mass is 10.1. The number of aryl methyl sites for hydroxylation is 2. The Morgan fingerprint density at radius 2 is 2.00 bits per heavy atom. The van der Waals surface area contributed by atoms with Gasteiger partial charge in [-0.1, -0.05) is 25.4 Å².